The van der Waals surface area contributed by atoms with E-state index in [0.29, 0.717) is 24.0 Å². The molecule has 28 heavy (non-hydrogen) atoms. The van der Waals surface area contributed by atoms with Gasteiger partial charge in [-0.1, -0.05) is 0 Å². The summed E-state index contributed by atoms with van der Waals surface area (Å²) in [7, 11) is 3.74. The van der Waals surface area contributed by atoms with Gasteiger partial charge in [-0.3, -0.25) is 0 Å². The number of piperazine rings is 1. The molecule has 1 aliphatic heterocycles. The smallest absolute Gasteiger partial charge is 0.182 e. The molecular weight excluding hydrogens is 357 g/mol. The van der Waals surface area contributed by atoms with Crippen LogP contribution in [0.4, 0.5) is 15.9 Å². The van der Waals surface area contributed by atoms with Crippen LogP contribution in [0, 0.1) is 12.7 Å². The van der Waals surface area contributed by atoms with Crippen molar-refractivity contribution in [3.8, 4) is 5.75 Å². The number of hydrogen-bond acceptors (Lipinski definition) is 6. The van der Waals surface area contributed by atoms with Gasteiger partial charge >= 0.3 is 0 Å². The second-order valence-electron chi connectivity index (χ2n) is 7.78. The van der Waals surface area contributed by atoms with Crippen LogP contribution in [0.5, 0.6) is 5.75 Å². The van der Waals surface area contributed by atoms with Crippen molar-refractivity contribution in [3.63, 3.8) is 0 Å². The summed E-state index contributed by atoms with van der Waals surface area (Å²) in [5.74, 6) is 2.46. The Hall–Kier alpha value is -2.41. The van der Waals surface area contributed by atoms with Gasteiger partial charge < -0.3 is 19.9 Å². The van der Waals surface area contributed by atoms with Crippen LogP contribution < -0.4 is 15.0 Å². The van der Waals surface area contributed by atoms with E-state index in [9.17, 15) is 4.39 Å². The molecule has 1 saturated carbocycles. The van der Waals surface area contributed by atoms with Gasteiger partial charge in [0.15, 0.2) is 11.6 Å². The molecule has 0 amide bonds. The molecule has 0 atom stereocenters. The van der Waals surface area contributed by atoms with Gasteiger partial charge in [0, 0.05) is 44.3 Å². The van der Waals surface area contributed by atoms with Crippen molar-refractivity contribution >= 4 is 11.5 Å². The third kappa shape index (κ3) is 4.19. The first-order valence-corrected chi connectivity index (χ1v) is 9.93. The molecule has 2 aliphatic rings. The van der Waals surface area contributed by atoms with Crippen LogP contribution in [0.25, 0.3) is 0 Å². The number of likely N-dealkylation sites (N-methyl/N-ethyl adjacent to an activating group) is 1. The molecule has 4 rings (SSSR count). The molecule has 2 aromatic rings. The average Bonchev–Trinajstić information content (AvgIpc) is 3.51. The van der Waals surface area contributed by atoms with E-state index in [1.807, 2.05) is 6.92 Å². The van der Waals surface area contributed by atoms with Crippen molar-refractivity contribution in [2.45, 2.75) is 32.2 Å². The normalized spacial score (nSPS) is 17.6. The Bertz CT molecular complexity index is 847. The Morgan fingerprint density at radius 1 is 1.14 bits per heavy atom. The molecule has 6 nitrogen and oxygen atoms in total. The number of hydrogen-bond donors (Lipinski definition) is 1. The largest absolute Gasteiger partial charge is 0.491 e. The van der Waals surface area contributed by atoms with Crippen LogP contribution in [-0.4, -0.2) is 55.2 Å². The molecule has 150 valence electrons. The summed E-state index contributed by atoms with van der Waals surface area (Å²) in [5.41, 5.74) is 2.66. The Morgan fingerprint density at radius 3 is 2.57 bits per heavy atom. The number of nitrogens with one attached hydrogen (secondary N) is 1. The molecule has 1 aromatic heterocycles. The van der Waals surface area contributed by atoms with Gasteiger partial charge in [-0.05, 0) is 50.6 Å². The standard InChI is InChI=1S/C21H28FN5O/c1-14-19(28-3)21(25-20(24-14)16-4-5-16)23-13-15-10-17(22)12-18(11-15)27-8-6-26(2)7-9-27/h10-12,16H,4-9,13H2,1-3H3,(H,23,24,25). The Kier molecular flexibility index (Phi) is 5.35. The highest BCUT2D eigenvalue weighted by atomic mass is 19.1. The van der Waals surface area contributed by atoms with E-state index >= 15 is 0 Å². The topological polar surface area (TPSA) is 53.5 Å². The van der Waals surface area contributed by atoms with Crippen molar-refractivity contribution in [2.75, 3.05) is 50.6 Å². The molecule has 1 aromatic carbocycles. The first kappa shape index (κ1) is 18.9. The molecule has 7 heteroatoms. The fourth-order valence-corrected chi connectivity index (χ4v) is 3.64. The number of anilines is 2. The number of benzene rings is 1. The molecule has 0 radical (unpaired) electrons. The molecular formula is C21H28FN5O. The minimum atomic E-state index is -0.210. The van der Waals surface area contributed by atoms with Gasteiger partial charge in [-0.25, -0.2) is 14.4 Å². The number of methoxy groups -OCH3 is 1. The molecule has 0 bridgehead atoms. The van der Waals surface area contributed by atoms with E-state index in [2.05, 4.69) is 38.2 Å². The van der Waals surface area contributed by atoms with Crippen LogP contribution >= 0.6 is 0 Å². The number of ether oxygens (including phenoxy) is 1. The summed E-state index contributed by atoms with van der Waals surface area (Å²) in [5, 5.41) is 3.34. The zero-order valence-corrected chi connectivity index (χ0v) is 16.8. The maximum Gasteiger partial charge on any atom is 0.182 e. The highest BCUT2D eigenvalue weighted by molar-refractivity contribution is 5.54. The minimum Gasteiger partial charge on any atom is -0.491 e. The van der Waals surface area contributed by atoms with E-state index in [0.717, 1.165) is 61.8 Å². The second kappa shape index (κ2) is 7.91. The van der Waals surface area contributed by atoms with Crippen molar-refractivity contribution < 1.29 is 9.13 Å². The molecule has 0 unspecified atom stereocenters. The van der Waals surface area contributed by atoms with Gasteiger partial charge in [-0.2, -0.15) is 0 Å². The third-order valence-electron chi connectivity index (χ3n) is 5.47. The predicted octanol–water partition coefficient (Wildman–Crippen LogP) is 3.17. The fourth-order valence-electron chi connectivity index (χ4n) is 3.64. The lowest BCUT2D eigenvalue weighted by molar-refractivity contribution is 0.312. The highest BCUT2D eigenvalue weighted by Crippen LogP contribution is 2.40. The van der Waals surface area contributed by atoms with Crippen molar-refractivity contribution in [1.29, 1.82) is 0 Å². The summed E-state index contributed by atoms with van der Waals surface area (Å²) in [6.45, 7) is 6.23. The van der Waals surface area contributed by atoms with Gasteiger partial charge in [0.2, 0.25) is 0 Å². The van der Waals surface area contributed by atoms with Crippen molar-refractivity contribution in [3.05, 3.63) is 41.1 Å². The first-order valence-electron chi connectivity index (χ1n) is 9.93. The van der Waals surface area contributed by atoms with Gasteiger partial charge in [0.25, 0.3) is 0 Å². The van der Waals surface area contributed by atoms with E-state index in [-0.39, 0.29) is 5.82 Å². The first-order chi connectivity index (χ1) is 13.5. The third-order valence-corrected chi connectivity index (χ3v) is 5.47. The Balaban J connectivity index is 1.52. The number of halogens is 1. The summed E-state index contributed by atoms with van der Waals surface area (Å²) in [4.78, 5) is 13.8. The molecule has 1 saturated heterocycles. The molecule has 1 N–H and O–H groups in total. The number of aryl methyl sites for hydroxylation is 1. The van der Waals surface area contributed by atoms with Gasteiger partial charge in [-0.15, -0.1) is 0 Å². The van der Waals surface area contributed by atoms with Crippen LogP contribution in [0.15, 0.2) is 18.2 Å². The summed E-state index contributed by atoms with van der Waals surface area (Å²) >= 11 is 0. The number of rotatable bonds is 6. The van der Waals surface area contributed by atoms with E-state index < -0.39 is 0 Å². The highest BCUT2D eigenvalue weighted by Gasteiger charge is 2.28. The maximum atomic E-state index is 14.3. The minimum absolute atomic E-state index is 0.210. The monoisotopic (exact) mass is 385 g/mol. The summed E-state index contributed by atoms with van der Waals surface area (Å²) in [6.07, 6.45) is 2.28. The predicted molar refractivity (Wildman–Crippen MR) is 109 cm³/mol. The fraction of sp³-hybridized carbons (Fsp3) is 0.524. The second-order valence-corrected chi connectivity index (χ2v) is 7.78. The molecule has 2 heterocycles. The van der Waals surface area contributed by atoms with E-state index in [1.165, 1.54) is 0 Å². The number of aromatic nitrogens is 2. The molecule has 1 aliphatic carbocycles. The molecule has 0 spiro atoms. The lowest BCUT2D eigenvalue weighted by Gasteiger charge is -2.34. The van der Waals surface area contributed by atoms with Crippen LogP contribution in [0.3, 0.4) is 0 Å². The average molecular weight is 385 g/mol. The zero-order valence-electron chi connectivity index (χ0n) is 16.8. The summed E-state index contributed by atoms with van der Waals surface area (Å²) < 4.78 is 19.8. The van der Waals surface area contributed by atoms with Crippen molar-refractivity contribution in [1.82, 2.24) is 14.9 Å². The lowest BCUT2D eigenvalue weighted by Crippen LogP contribution is -2.44. The quantitative estimate of drug-likeness (QED) is 0.824. The van der Waals surface area contributed by atoms with Crippen LogP contribution in [-0.2, 0) is 6.54 Å². The molecule has 2 fully saturated rings. The number of nitrogens with zero attached hydrogens (tertiary/aromatic N) is 4. The Labute approximate surface area is 165 Å². The van der Waals surface area contributed by atoms with Gasteiger partial charge in [0.05, 0.1) is 12.8 Å². The Morgan fingerprint density at radius 2 is 1.89 bits per heavy atom. The van der Waals surface area contributed by atoms with E-state index in [4.69, 9.17) is 4.74 Å². The summed E-state index contributed by atoms with van der Waals surface area (Å²) in [6, 6.07) is 5.26. The van der Waals surface area contributed by atoms with Crippen LogP contribution in [0.1, 0.15) is 35.8 Å². The van der Waals surface area contributed by atoms with Gasteiger partial charge in [0.1, 0.15) is 11.6 Å². The zero-order chi connectivity index (χ0) is 19.7. The van der Waals surface area contributed by atoms with Crippen molar-refractivity contribution in [2.24, 2.45) is 0 Å². The van der Waals surface area contributed by atoms with Crippen LogP contribution in [0.2, 0.25) is 0 Å². The lowest BCUT2D eigenvalue weighted by atomic mass is 10.1. The SMILES string of the molecule is COc1c(C)nc(C2CC2)nc1NCc1cc(F)cc(N2CCN(C)CC2)c1. The maximum absolute atomic E-state index is 14.3. The van der Waals surface area contributed by atoms with E-state index in [1.54, 1.807) is 19.2 Å².